The summed E-state index contributed by atoms with van der Waals surface area (Å²) in [4.78, 5) is 29.3. The van der Waals surface area contributed by atoms with Gasteiger partial charge in [-0.3, -0.25) is 4.21 Å². The van der Waals surface area contributed by atoms with E-state index in [4.69, 9.17) is 4.74 Å². The molecule has 1 unspecified atom stereocenters. The Morgan fingerprint density at radius 2 is 1.88 bits per heavy atom. The van der Waals surface area contributed by atoms with E-state index in [9.17, 15) is 13.8 Å². The van der Waals surface area contributed by atoms with Gasteiger partial charge in [0.2, 0.25) is 9.14 Å². The predicted molar refractivity (Wildman–Crippen MR) is 102 cm³/mol. The minimum atomic E-state index is -1.33. The second-order valence-corrected chi connectivity index (χ2v) is 8.63. The Bertz CT molecular complexity index is 682. The highest BCUT2D eigenvalue weighted by atomic mass is 32.2. The lowest BCUT2D eigenvalue weighted by atomic mass is 10.2. The van der Waals surface area contributed by atoms with Crippen LogP contribution in [0.4, 0.5) is 9.59 Å². The fraction of sp³-hybridized carbons (Fsp3) is 0.750. The van der Waals surface area contributed by atoms with Crippen LogP contribution >= 0.6 is 11.3 Å². The van der Waals surface area contributed by atoms with E-state index >= 15 is 0 Å². The summed E-state index contributed by atoms with van der Waals surface area (Å²) >= 11 is 0.981. The third kappa shape index (κ3) is 7.36. The van der Waals surface area contributed by atoms with Crippen LogP contribution in [0.15, 0.2) is 9.33 Å². The van der Waals surface area contributed by atoms with Crippen molar-refractivity contribution in [1.82, 2.24) is 14.7 Å². The number of unbranched alkanes of at least 4 members (excludes halogenated alkanes) is 4. The molecular weight excluding hydrogens is 376 g/mol. The average molecular weight is 405 g/mol. The molecule has 10 heteroatoms. The van der Waals surface area contributed by atoms with Crippen LogP contribution in [0.2, 0.25) is 0 Å². The van der Waals surface area contributed by atoms with Crippen molar-refractivity contribution in [2.24, 2.45) is 4.99 Å². The molecule has 0 aromatic carbocycles. The summed E-state index contributed by atoms with van der Waals surface area (Å²) in [6, 6.07) is -0.524. The van der Waals surface area contributed by atoms with E-state index in [1.165, 1.54) is 4.90 Å². The van der Waals surface area contributed by atoms with Gasteiger partial charge in [-0.2, -0.15) is 4.99 Å². The summed E-state index contributed by atoms with van der Waals surface area (Å²) in [7, 11) is 1.79. The molecule has 148 valence electrons. The fourth-order valence-electron chi connectivity index (χ4n) is 1.84. The Kier molecular flexibility index (Phi) is 10.3. The summed E-state index contributed by atoms with van der Waals surface area (Å²) in [5, 5.41) is 4.10. The van der Waals surface area contributed by atoms with Crippen molar-refractivity contribution in [3.8, 4) is 0 Å². The lowest BCUT2D eigenvalue weighted by molar-refractivity contribution is 0.141. The summed E-state index contributed by atoms with van der Waals surface area (Å²) in [6.45, 7) is 4.36. The number of amides is 2. The van der Waals surface area contributed by atoms with Crippen molar-refractivity contribution in [1.29, 1.82) is 0 Å². The normalized spacial score (nSPS) is 12.8. The number of hydrogen-bond donors (Lipinski definition) is 0. The summed E-state index contributed by atoms with van der Waals surface area (Å²) in [5.74, 6) is 0.472. The fourth-order valence-corrected chi connectivity index (χ4v) is 4.10. The zero-order valence-corrected chi connectivity index (χ0v) is 17.5. The molecule has 1 rings (SSSR count). The molecule has 0 aliphatic rings. The molecular formula is C16H28N4O4S2. The van der Waals surface area contributed by atoms with Gasteiger partial charge in [-0.15, -0.1) is 9.78 Å². The second kappa shape index (κ2) is 11.9. The summed E-state index contributed by atoms with van der Waals surface area (Å²) < 4.78 is 18.8. The monoisotopic (exact) mass is 404 g/mol. The number of aromatic nitrogens is 2. The molecule has 8 nitrogen and oxygen atoms in total. The number of ether oxygens (including phenoxy) is 1. The predicted octanol–water partition coefficient (Wildman–Crippen LogP) is 3.00. The maximum Gasteiger partial charge on any atom is 0.437 e. The van der Waals surface area contributed by atoms with Crippen LogP contribution in [-0.2, 0) is 15.5 Å². The van der Waals surface area contributed by atoms with Crippen molar-refractivity contribution in [3.05, 3.63) is 4.80 Å². The van der Waals surface area contributed by atoms with Gasteiger partial charge >= 0.3 is 12.1 Å². The van der Waals surface area contributed by atoms with Crippen LogP contribution in [0.5, 0.6) is 0 Å². The van der Waals surface area contributed by atoms with Gasteiger partial charge < -0.3 is 9.64 Å². The number of urea groups is 1. The van der Waals surface area contributed by atoms with Crippen LogP contribution in [0, 0.1) is 0 Å². The molecule has 0 bridgehead atoms. The van der Waals surface area contributed by atoms with Crippen molar-refractivity contribution < 1.29 is 18.5 Å². The third-order valence-electron chi connectivity index (χ3n) is 3.39. The molecule has 0 spiro atoms. The van der Waals surface area contributed by atoms with Gasteiger partial charge in [-0.25, -0.2) is 9.59 Å². The van der Waals surface area contributed by atoms with E-state index in [1.807, 2.05) is 6.92 Å². The first-order chi connectivity index (χ1) is 12.4. The largest absolute Gasteiger partial charge is 0.448 e. The van der Waals surface area contributed by atoms with Gasteiger partial charge in [-0.1, -0.05) is 50.9 Å². The van der Waals surface area contributed by atoms with E-state index in [0.717, 1.165) is 54.5 Å². The molecule has 0 fully saturated rings. The molecule has 0 aliphatic carbocycles. The Labute approximate surface area is 160 Å². The van der Waals surface area contributed by atoms with Gasteiger partial charge in [0.15, 0.2) is 0 Å². The second-order valence-electron chi connectivity index (χ2n) is 5.93. The lowest BCUT2D eigenvalue weighted by Crippen LogP contribution is -2.29. The summed E-state index contributed by atoms with van der Waals surface area (Å²) in [5.41, 5.74) is 0. The van der Waals surface area contributed by atoms with E-state index < -0.39 is 22.9 Å². The highest BCUT2D eigenvalue weighted by Gasteiger charge is 2.18. The van der Waals surface area contributed by atoms with Crippen molar-refractivity contribution in [3.63, 3.8) is 0 Å². The number of hydrogen-bond acceptors (Lipinski definition) is 6. The highest BCUT2D eigenvalue weighted by Crippen LogP contribution is 2.10. The molecule has 26 heavy (non-hydrogen) atoms. The molecule has 2 amide bonds. The zero-order chi connectivity index (χ0) is 19.5. The van der Waals surface area contributed by atoms with Gasteiger partial charge in [0.05, 0.1) is 17.4 Å². The molecule has 1 aromatic heterocycles. The smallest absolute Gasteiger partial charge is 0.437 e. The van der Waals surface area contributed by atoms with Crippen molar-refractivity contribution >= 4 is 34.3 Å². The molecule has 1 heterocycles. The summed E-state index contributed by atoms with van der Waals surface area (Å²) in [6.07, 6.45) is 4.93. The average Bonchev–Trinajstić information content (AvgIpc) is 3.02. The first-order valence-electron chi connectivity index (χ1n) is 8.82. The highest BCUT2D eigenvalue weighted by molar-refractivity contribution is 7.87. The molecule has 0 N–H and O–H groups in total. The SMILES string of the molecule is CCCCCCS(=O)c1nn(C(=O)OCCCC)c(=NC(=O)N(C)C)s1. The van der Waals surface area contributed by atoms with E-state index in [1.54, 1.807) is 14.1 Å². The number of carbonyl (C=O) groups is 2. The Balaban J connectivity index is 3.02. The van der Waals surface area contributed by atoms with Crippen LogP contribution < -0.4 is 4.80 Å². The van der Waals surface area contributed by atoms with E-state index in [0.29, 0.717) is 5.75 Å². The first kappa shape index (κ1) is 22.5. The quantitative estimate of drug-likeness (QED) is 0.590. The Hall–Kier alpha value is -1.55. The maximum absolute atomic E-state index is 12.4. The van der Waals surface area contributed by atoms with E-state index in [-0.39, 0.29) is 15.7 Å². The number of carbonyl (C=O) groups excluding carboxylic acids is 2. The van der Waals surface area contributed by atoms with Gasteiger partial charge in [0.1, 0.15) is 0 Å². The van der Waals surface area contributed by atoms with Crippen molar-refractivity contribution in [2.45, 2.75) is 56.7 Å². The molecule has 0 saturated heterocycles. The van der Waals surface area contributed by atoms with Crippen LogP contribution in [-0.4, -0.2) is 57.5 Å². The minimum Gasteiger partial charge on any atom is -0.448 e. The first-order valence-corrected chi connectivity index (χ1v) is 11.0. The molecule has 0 aliphatic heterocycles. The standard InChI is InChI=1S/C16H28N4O4S2/c1-5-7-9-10-12-26(23)15-18-20(16(22)24-11-8-6-2)14(25-15)17-13(21)19(3)4/h5-12H2,1-4H3. The molecule has 0 saturated carbocycles. The zero-order valence-electron chi connectivity index (χ0n) is 15.9. The van der Waals surface area contributed by atoms with Crippen molar-refractivity contribution in [2.75, 3.05) is 26.5 Å². The van der Waals surface area contributed by atoms with Crippen LogP contribution in [0.3, 0.4) is 0 Å². The molecule has 0 radical (unpaired) electrons. The van der Waals surface area contributed by atoms with Gasteiger partial charge in [0.25, 0.3) is 0 Å². The number of nitrogens with zero attached hydrogens (tertiary/aromatic N) is 4. The Morgan fingerprint density at radius 3 is 2.50 bits per heavy atom. The van der Waals surface area contributed by atoms with E-state index in [2.05, 4.69) is 17.0 Å². The van der Waals surface area contributed by atoms with Gasteiger partial charge in [-0.05, 0) is 12.8 Å². The molecule has 1 atom stereocenters. The van der Waals surface area contributed by atoms with Crippen LogP contribution in [0.25, 0.3) is 0 Å². The van der Waals surface area contributed by atoms with Crippen LogP contribution in [0.1, 0.15) is 52.4 Å². The number of rotatable bonds is 9. The maximum atomic E-state index is 12.4. The molecule has 1 aromatic rings. The lowest BCUT2D eigenvalue weighted by Gasteiger charge is -2.04. The van der Waals surface area contributed by atoms with Gasteiger partial charge in [0, 0.05) is 19.8 Å². The minimum absolute atomic E-state index is 0.0714. The third-order valence-corrected chi connectivity index (χ3v) is 6.03. The Morgan fingerprint density at radius 1 is 1.19 bits per heavy atom. The topological polar surface area (TPSA) is 93.9 Å².